The topological polar surface area (TPSA) is 132 Å². The molecule has 4 bridgehead atoms. The molecule has 7 rings (SSSR count). The van der Waals surface area contributed by atoms with Crippen LogP contribution in [-0.2, 0) is 23.6 Å². The zero-order chi connectivity index (χ0) is 37.2. The highest BCUT2D eigenvalue weighted by molar-refractivity contribution is 7.92. The summed E-state index contributed by atoms with van der Waals surface area (Å²) in [7, 11) is -2.48. The number of nitrogens with zero attached hydrogens (tertiary/aromatic N) is 6. The smallest absolute Gasteiger partial charge is 0.394 e. The highest BCUT2D eigenvalue weighted by Gasteiger charge is 2.64. The van der Waals surface area contributed by atoms with Crippen molar-refractivity contribution in [2.45, 2.75) is 76.5 Å². The third-order valence-electron chi connectivity index (χ3n) is 10.0. The minimum Gasteiger partial charge on any atom is -0.475 e. The number of carbonyl (C=O) groups is 1. The molecule has 1 saturated carbocycles. The summed E-state index contributed by atoms with van der Waals surface area (Å²) >= 11 is 0. The molecule has 0 spiro atoms. The van der Waals surface area contributed by atoms with Crippen LogP contribution >= 0.6 is 0 Å². The van der Waals surface area contributed by atoms with Gasteiger partial charge in [-0.05, 0) is 74.4 Å². The predicted molar refractivity (Wildman–Crippen MR) is 188 cm³/mol. The van der Waals surface area contributed by atoms with Crippen LogP contribution in [0.25, 0.3) is 22.4 Å². The van der Waals surface area contributed by atoms with Crippen molar-refractivity contribution in [3.63, 3.8) is 0 Å². The van der Waals surface area contributed by atoms with Gasteiger partial charge in [-0.1, -0.05) is 38.1 Å². The van der Waals surface area contributed by atoms with Crippen molar-refractivity contribution in [2.75, 3.05) is 11.3 Å². The number of sulfonamides is 1. The van der Waals surface area contributed by atoms with Crippen LogP contribution in [0.15, 0.2) is 65.7 Å². The predicted octanol–water partition coefficient (Wildman–Crippen LogP) is 7.10. The summed E-state index contributed by atoms with van der Waals surface area (Å²) in [6, 6.07) is 13.3. The second-order valence-corrected chi connectivity index (χ2v) is 15.7. The van der Waals surface area contributed by atoms with Crippen LogP contribution in [0.5, 0.6) is 5.88 Å². The Balaban J connectivity index is 1.38. The number of nitrogens with one attached hydrogen (secondary N) is 1. The number of hydrogen-bond acceptors (Lipinski definition) is 8. The molecular formula is C37H38F3N7O4S. The quantitative estimate of drug-likeness (QED) is 0.196. The molecule has 3 aromatic heterocycles. The number of benzene rings is 2. The molecule has 0 unspecified atom stereocenters. The lowest BCUT2D eigenvalue weighted by Crippen LogP contribution is -2.46. The summed E-state index contributed by atoms with van der Waals surface area (Å²) in [5.74, 6) is -0.870. The lowest BCUT2D eigenvalue weighted by Gasteiger charge is -2.34. The zero-order valence-electron chi connectivity index (χ0n) is 29.3. The Morgan fingerprint density at radius 2 is 1.73 bits per heavy atom. The van der Waals surface area contributed by atoms with E-state index in [0.29, 0.717) is 22.6 Å². The molecular weight excluding hydrogens is 696 g/mol. The Hall–Kier alpha value is -5.05. The normalized spacial score (nSPS) is 18.3. The first-order valence-electron chi connectivity index (χ1n) is 17.0. The molecule has 0 radical (unpaired) electrons. The fourth-order valence-corrected chi connectivity index (χ4v) is 7.97. The molecule has 1 atom stereocenters. The zero-order valence-corrected chi connectivity index (χ0v) is 30.1. The van der Waals surface area contributed by atoms with Gasteiger partial charge in [-0.25, -0.2) is 23.1 Å². The number of carbonyl (C=O) groups excluding carboxylic acids is 1. The fraction of sp³-hybridized carbons (Fsp3) is 0.378. The Morgan fingerprint density at radius 1 is 1.02 bits per heavy atom. The van der Waals surface area contributed by atoms with Gasteiger partial charge in [-0.15, -0.1) is 0 Å². The molecule has 5 aromatic rings. The van der Waals surface area contributed by atoms with Crippen LogP contribution in [0, 0.1) is 19.3 Å². The minimum absolute atomic E-state index is 0.0390. The molecule has 1 aliphatic heterocycles. The molecule has 1 aliphatic carbocycles. The van der Waals surface area contributed by atoms with E-state index < -0.39 is 40.0 Å². The van der Waals surface area contributed by atoms with E-state index in [9.17, 15) is 26.4 Å². The van der Waals surface area contributed by atoms with Crippen LogP contribution in [0.1, 0.15) is 71.9 Å². The summed E-state index contributed by atoms with van der Waals surface area (Å²) in [6.45, 7) is 7.25. The first-order valence-corrected chi connectivity index (χ1v) is 18.4. The van der Waals surface area contributed by atoms with Crippen molar-refractivity contribution >= 4 is 33.0 Å². The number of ether oxygens (including phenoxy) is 1. The summed E-state index contributed by atoms with van der Waals surface area (Å²) in [6.07, 6.45) is -3.64. The van der Waals surface area contributed by atoms with Crippen molar-refractivity contribution in [3.8, 4) is 17.1 Å². The van der Waals surface area contributed by atoms with Gasteiger partial charge in [0, 0.05) is 29.9 Å². The van der Waals surface area contributed by atoms with Crippen molar-refractivity contribution in [3.05, 3.63) is 88.9 Å². The standard InChI is InChI=1S/C37H38F3N7O4S/c1-21(2)30-15-29-33(46(30)5)42-25(18-41-29)19-47-26(17-36(12-13-36)37(38,39)40)20-51-31-16-28(32-22(3)8-6-9-23(32)4)43-35(44-31)45-52(49,50)27-11-7-10-24(14-27)34(47)48/h6-11,14-16,18,21,26H,12-13,17,19-20H2,1-5H3,(H,43,44,45)/t26-/m1/s1. The summed E-state index contributed by atoms with van der Waals surface area (Å²) in [4.78, 5) is 33.8. The van der Waals surface area contributed by atoms with Gasteiger partial charge in [0.2, 0.25) is 11.8 Å². The highest BCUT2D eigenvalue weighted by Crippen LogP contribution is 2.61. The van der Waals surface area contributed by atoms with Gasteiger partial charge in [-0.3, -0.25) is 9.78 Å². The summed E-state index contributed by atoms with van der Waals surface area (Å²) in [5.41, 5.74) is 3.28. The molecule has 15 heteroatoms. The van der Waals surface area contributed by atoms with Gasteiger partial charge in [0.1, 0.15) is 12.1 Å². The Morgan fingerprint density at radius 3 is 2.40 bits per heavy atom. The number of aromatic nitrogens is 5. The average molecular weight is 734 g/mol. The maximum absolute atomic E-state index is 14.6. The van der Waals surface area contributed by atoms with E-state index in [1.165, 1.54) is 41.4 Å². The van der Waals surface area contributed by atoms with Gasteiger partial charge < -0.3 is 14.2 Å². The molecule has 0 saturated heterocycles. The van der Waals surface area contributed by atoms with Gasteiger partial charge in [0.05, 0.1) is 40.5 Å². The van der Waals surface area contributed by atoms with Crippen molar-refractivity contribution in [1.29, 1.82) is 0 Å². The van der Waals surface area contributed by atoms with E-state index >= 15 is 0 Å². The van der Waals surface area contributed by atoms with Crippen LogP contribution < -0.4 is 9.46 Å². The third kappa shape index (κ3) is 6.57. The number of fused-ring (bicyclic) bond motifs is 5. The van der Waals surface area contributed by atoms with E-state index in [1.54, 1.807) is 0 Å². The van der Waals surface area contributed by atoms with Crippen molar-refractivity contribution in [2.24, 2.45) is 12.5 Å². The van der Waals surface area contributed by atoms with Crippen LogP contribution in [0.3, 0.4) is 0 Å². The highest BCUT2D eigenvalue weighted by atomic mass is 32.2. The third-order valence-corrected chi connectivity index (χ3v) is 11.3. The molecule has 11 nitrogen and oxygen atoms in total. The van der Waals surface area contributed by atoms with Crippen LogP contribution in [0.4, 0.5) is 19.1 Å². The number of halogens is 3. The maximum Gasteiger partial charge on any atom is 0.394 e. The van der Waals surface area contributed by atoms with Crippen LogP contribution in [0.2, 0.25) is 0 Å². The van der Waals surface area contributed by atoms with E-state index in [0.717, 1.165) is 22.4 Å². The molecule has 1 amide bonds. The van der Waals surface area contributed by atoms with Gasteiger partial charge in [0.25, 0.3) is 15.9 Å². The molecule has 52 heavy (non-hydrogen) atoms. The number of amides is 1. The second kappa shape index (κ2) is 12.9. The van der Waals surface area contributed by atoms with E-state index in [2.05, 4.69) is 19.7 Å². The average Bonchev–Trinajstić information content (AvgIpc) is 3.81. The number of anilines is 1. The number of rotatable bonds is 6. The number of aryl methyl sites for hydroxylation is 3. The Labute approximate surface area is 299 Å². The molecule has 1 N–H and O–H groups in total. The maximum atomic E-state index is 14.6. The largest absolute Gasteiger partial charge is 0.475 e. The van der Waals surface area contributed by atoms with Crippen LogP contribution in [-0.4, -0.2) is 62.6 Å². The van der Waals surface area contributed by atoms with Crippen molar-refractivity contribution in [1.82, 2.24) is 29.4 Å². The van der Waals surface area contributed by atoms with E-state index in [4.69, 9.17) is 9.72 Å². The molecule has 2 aromatic carbocycles. The SMILES string of the molecule is Cc1cccc(C)c1-c1cc2nc(n1)NS(=O)(=O)c1cccc(c1)C(=O)N(Cc1cnc3cc(C(C)C)n(C)c3n1)[C@H](CC1(C(F)(F)F)CC1)CO2. The fourth-order valence-electron chi connectivity index (χ4n) is 6.98. The van der Waals surface area contributed by atoms with Gasteiger partial charge in [0.15, 0.2) is 5.65 Å². The second-order valence-electron chi connectivity index (χ2n) is 14.0. The van der Waals surface area contributed by atoms with Gasteiger partial charge in [-0.2, -0.15) is 18.2 Å². The monoisotopic (exact) mass is 733 g/mol. The van der Waals surface area contributed by atoms with E-state index in [-0.39, 0.29) is 54.2 Å². The molecule has 2 aliphatic rings. The first-order chi connectivity index (χ1) is 24.5. The molecule has 4 heterocycles. The Bertz CT molecular complexity index is 2300. The van der Waals surface area contributed by atoms with Crippen molar-refractivity contribution < 1.29 is 31.1 Å². The minimum atomic E-state index is -4.52. The Kier molecular flexibility index (Phi) is 8.75. The van der Waals surface area contributed by atoms with Gasteiger partial charge >= 0.3 is 6.18 Å². The summed E-state index contributed by atoms with van der Waals surface area (Å²) in [5, 5.41) is 0. The molecule has 272 valence electrons. The number of hydrogen-bond donors (Lipinski definition) is 1. The first kappa shape index (κ1) is 35.4. The molecule has 1 fully saturated rings. The number of alkyl halides is 3. The lowest BCUT2D eigenvalue weighted by atomic mass is 9.94. The van der Waals surface area contributed by atoms with E-state index in [1.807, 2.05) is 63.6 Å². The lowest BCUT2D eigenvalue weighted by molar-refractivity contribution is -0.192. The summed E-state index contributed by atoms with van der Waals surface area (Å²) < 4.78 is 81.6.